The Hall–Kier alpha value is -2.77. The zero-order valence-electron chi connectivity index (χ0n) is 13.4. The van der Waals surface area contributed by atoms with Gasteiger partial charge in [0.1, 0.15) is 11.8 Å². The summed E-state index contributed by atoms with van der Waals surface area (Å²) >= 11 is 0. The molecule has 0 N–H and O–H groups in total. The number of aromatic nitrogens is 1. The molecule has 1 aromatic carbocycles. The summed E-state index contributed by atoms with van der Waals surface area (Å²) in [6.45, 7) is 1.48. The Bertz CT molecular complexity index is 860. The number of ether oxygens (including phenoxy) is 1. The molecule has 0 spiro atoms. The maximum Gasteiger partial charge on any atom is 0.123 e. The normalized spacial score (nSPS) is 10.9. The number of nitriles is 1. The lowest BCUT2D eigenvalue weighted by Gasteiger charge is -2.18. The monoisotopic (exact) mass is 305 g/mol. The van der Waals surface area contributed by atoms with Crippen LogP contribution in [0.4, 0.5) is 0 Å². The van der Waals surface area contributed by atoms with E-state index in [1.54, 1.807) is 7.11 Å². The summed E-state index contributed by atoms with van der Waals surface area (Å²) in [6, 6.07) is 16.3. The third-order valence-electron chi connectivity index (χ3n) is 3.95. The third-order valence-corrected chi connectivity index (χ3v) is 3.95. The first-order valence-corrected chi connectivity index (χ1v) is 7.52. The molecule has 0 fully saturated rings. The number of nitrogens with zero attached hydrogens (tertiary/aromatic N) is 3. The average molecular weight is 305 g/mol. The van der Waals surface area contributed by atoms with Gasteiger partial charge in [0.05, 0.1) is 18.2 Å². The van der Waals surface area contributed by atoms with Gasteiger partial charge >= 0.3 is 0 Å². The third kappa shape index (κ3) is 3.05. The van der Waals surface area contributed by atoms with Crippen molar-refractivity contribution < 1.29 is 4.74 Å². The van der Waals surface area contributed by atoms with Gasteiger partial charge in [0, 0.05) is 36.6 Å². The Balaban J connectivity index is 1.83. The van der Waals surface area contributed by atoms with Gasteiger partial charge in [0.25, 0.3) is 0 Å². The van der Waals surface area contributed by atoms with E-state index in [0.717, 1.165) is 34.5 Å². The van der Waals surface area contributed by atoms with Crippen LogP contribution in [0.5, 0.6) is 5.75 Å². The van der Waals surface area contributed by atoms with Crippen LogP contribution in [0, 0.1) is 11.3 Å². The Morgan fingerprint density at radius 1 is 1.09 bits per heavy atom. The quantitative estimate of drug-likeness (QED) is 0.725. The predicted molar refractivity (Wildman–Crippen MR) is 90.3 cm³/mol. The summed E-state index contributed by atoms with van der Waals surface area (Å²) in [5, 5.41) is 9.49. The van der Waals surface area contributed by atoms with Crippen molar-refractivity contribution in [1.29, 1.82) is 5.26 Å². The molecule has 0 saturated carbocycles. The molecule has 4 heteroatoms. The van der Waals surface area contributed by atoms with Crippen molar-refractivity contribution in [2.24, 2.45) is 0 Å². The fraction of sp³-hybridized carbons (Fsp3) is 0.211. The second-order valence-corrected chi connectivity index (χ2v) is 5.62. The lowest BCUT2D eigenvalue weighted by atomic mass is 10.1. The van der Waals surface area contributed by atoms with Crippen LogP contribution in [0.3, 0.4) is 0 Å². The molecular formula is C19H19N3O. The van der Waals surface area contributed by atoms with Crippen molar-refractivity contribution >= 4 is 5.52 Å². The van der Waals surface area contributed by atoms with Crippen molar-refractivity contribution in [1.82, 2.24) is 9.30 Å². The highest BCUT2D eigenvalue weighted by Gasteiger charge is 2.13. The topological polar surface area (TPSA) is 40.7 Å². The van der Waals surface area contributed by atoms with Gasteiger partial charge in [-0.15, -0.1) is 0 Å². The first-order chi connectivity index (χ1) is 11.2. The van der Waals surface area contributed by atoms with Gasteiger partial charge in [-0.2, -0.15) is 5.26 Å². The summed E-state index contributed by atoms with van der Waals surface area (Å²) in [5.41, 5.74) is 3.88. The largest absolute Gasteiger partial charge is 0.496 e. The molecular weight excluding hydrogens is 286 g/mol. The highest BCUT2D eigenvalue weighted by molar-refractivity contribution is 5.65. The van der Waals surface area contributed by atoms with E-state index >= 15 is 0 Å². The van der Waals surface area contributed by atoms with Crippen LogP contribution < -0.4 is 4.74 Å². The van der Waals surface area contributed by atoms with Gasteiger partial charge in [-0.25, -0.2) is 0 Å². The van der Waals surface area contributed by atoms with E-state index in [9.17, 15) is 5.26 Å². The van der Waals surface area contributed by atoms with Crippen LogP contribution in [0.1, 0.15) is 16.7 Å². The molecule has 0 bridgehead atoms. The molecule has 3 rings (SSSR count). The van der Waals surface area contributed by atoms with Crippen molar-refractivity contribution in [2.45, 2.75) is 13.1 Å². The van der Waals surface area contributed by atoms with E-state index in [1.807, 2.05) is 53.2 Å². The summed E-state index contributed by atoms with van der Waals surface area (Å²) in [4.78, 5) is 2.19. The molecule has 116 valence electrons. The zero-order valence-corrected chi connectivity index (χ0v) is 13.4. The zero-order chi connectivity index (χ0) is 16.2. The molecule has 0 aliphatic rings. The molecule has 3 aromatic rings. The summed E-state index contributed by atoms with van der Waals surface area (Å²) in [6.07, 6.45) is 4.01. The van der Waals surface area contributed by atoms with E-state index < -0.39 is 0 Å². The molecule has 0 aliphatic heterocycles. The maximum atomic E-state index is 9.49. The number of para-hydroxylation sites is 1. The van der Waals surface area contributed by atoms with Crippen LogP contribution in [0.25, 0.3) is 5.52 Å². The van der Waals surface area contributed by atoms with Gasteiger partial charge < -0.3 is 9.14 Å². The molecule has 4 nitrogen and oxygen atoms in total. The van der Waals surface area contributed by atoms with E-state index in [-0.39, 0.29) is 0 Å². The van der Waals surface area contributed by atoms with Crippen LogP contribution >= 0.6 is 0 Å². The van der Waals surface area contributed by atoms with Gasteiger partial charge in [0.2, 0.25) is 0 Å². The molecule has 0 amide bonds. The number of methoxy groups -OCH3 is 1. The number of hydrogen-bond donors (Lipinski definition) is 0. The summed E-state index contributed by atoms with van der Waals surface area (Å²) in [7, 11) is 3.74. The molecule has 2 aromatic heterocycles. The molecule has 0 unspecified atom stereocenters. The SMILES string of the molecule is COc1ccccc1CN(C)Cc1cn2ccccc2c1C#N. The van der Waals surface area contributed by atoms with E-state index in [0.29, 0.717) is 6.54 Å². The minimum absolute atomic E-state index is 0.711. The average Bonchev–Trinajstić information content (AvgIpc) is 2.92. The van der Waals surface area contributed by atoms with E-state index in [2.05, 4.69) is 24.1 Å². The number of fused-ring (bicyclic) bond motifs is 1. The molecule has 0 radical (unpaired) electrons. The molecule has 2 heterocycles. The molecule has 0 atom stereocenters. The van der Waals surface area contributed by atoms with Crippen LogP contribution in [0.2, 0.25) is 0 Å². The Labute approximate surface area is 136 Å². The fourth-order valence-corrected chi connectivity index (χ4v) is 2.90. The van der Waals surface area contributed by atoms with Crippen molar-refractivity contribution in [2.75, 3.05) is 14.2 Å². The van der Waals surface area contributed by atoms with Crippen molar-refractivity contribution in [3.63, 3.8) is 0 Å². The number of rotatable bonds is 5. The maximum absolute atomic E-state index is 9.49. The van der Waals surface area contributed by atoms with Gasteiger partial charge in [-0.3, -0.25) is 4.90 Å². The number of hydrogen-bond acceptors (Lipinski definition) is 3. The number of benzene rings is 1. The Kier molecular flexibility index (Phi) is 4.31. The van der Waals surface area contributed by atoms with E-state index in [4.69, 9.17) is 4.74 Å². The molecule has 0 aliphatic carbocycles. The highest BCUT2D eigenvalue weighted by atomic mass is 16.5. The molecule has 0 saturated heterocycles. The number of pyridine rings is 1. The standard InChI is InChI=1S/C19H19N3O/c1-21(12-15-7-3-4-9-19(15)23-2)13-16-14-22-10-6-5-8-18(22)17(16)11-20/h3-10,14H,12-13H2,1-2H3. The first kappa shape index (κ1) is 15.1. The van der Waals surface area contributed by atoms with Crippen LogP contribution in [0.15, 0.2) is 54.9 Å². The van der Waals surface area contributed by atoms with Gasteiger partial charge in [-0.1, -0.05) is 24.3 Å². The second-order valence-electron chi connectivity index (χ2n) is 5.62. The highest BCUT2D eigenvalue weighted by Crippen LogP contribution is 2.22. The lowest BCUT2D eigenvalue weighted by molar-refractivity contribution is 0.310. The van der Waals surface area contributed by atoms with Crippen molar-refractivity contribution in [3.8, 4) is 11.8 Å². The Morgan fingerprint density at radius 2 is 1.83 bits per heavy atom. The fourth-order valence-electron chi connectivity index (χ4n) is 2.90. The van der Waals surface area contributed by atoms with Gasteiger partial charge in [-0.05, 0) is 25.2 Å². The second kappa shape index (κ2) is 6.55. The Morgan fingerprint density at radius 3 is 2.61 bits per heavy atom. The first-order valence-electron chi connectivity index (χ1n) is 7.52. The lowest BCUT2D eigenvalue weighted by Crippen LogP contribution is -2.17. The van der Waals surface area contributed by atoms with Crippen LogP contribution in [-0.2, 0) is 13.1 Å². The minimum atomic E-state index is 0.711. The summed E-state index contributed by atoms with van der Waals surface area (Å²) in [5.74, 6) is 0.891. The van der Waals surface area contributed by atoms with Crippen LogP contribution in [-0.4, -0.2) is 23.5 Å². The van der Waals surface area contributed by atoms with E-state index in [1.165, 1.54) is 0 Å². The molecule has 23 heavy (non-hydrogen) atoms. The smallest absolute Gasteiger partial charge is 0.123 e. The van der Waals surface area contributed by atoms with Crippen molar-refractivity contribution in [3.05, 3.63) is 71.5 Å². The summed E-state index contributed by atoms with van der Waals surface area (Å²) < 4.78 is 7.41. The van der Waals surface area contributed by atoms with Gasteiger partial charge in [0.15, 0.2) is 0 Å². The minimum Gasteiger partial charge on any atom is -0.496 e. The predicted octanol–water partition coefficient (Wildman–Crippen LogP) is 3.45.